The topological polar surface area (TPSA) is 26.3 Å². The van der Waals surface area contributed by atoms with Gasteiger partial charge in [0.15, 0.2) is 0 Å². The lowest BCUT2D eigenvalue weighted by atomic mass is 10.1. The molecule has 0 saturated heterocycles. The lowest BCUT2D eigenvalue weighted by Gasteiger charge is -2.04. The third kappa shape index (κ3) is 2.31. The molecule has 0 aromatic rings. The van der Waals surface area contributed by atoms with E-state index in [0.717, 1.165) is 0 Å². The highest BCUT2D eigenvalue weighted by Crippen LogP contribution is 2.06. The van der Waals surface area contributed by atoms with Crippen molar-refractivity contribution < 1.29 is 9.53 Å². The van der Waals surface area contributed by atoms with Crippen LogP contribution in [0.1, 0.15) is 13.8 Å². The summed E-state index contributed by atoms with van der Waals surface area (Å²) in [5.74, 6) is -0.137. The molecule has 9 heavy (non-hydrogen) atoms. The molecular formula is C7H12O2. The fraction of sp³-hybridized carbons (Fsp3) is 0.571. The first-order chi connectivity index (χ1) is 4.09. The Labute approximate surface area is 55.5 Å². The van der Waals surface area contributed by atoms with Crippen molar-refractivity contribution in [2.24, 2.45) is 5.92 Å². The van der Waals surface area contributed by atoms with Crippen molar-refractivity contribution in [3.63, 3.8) is 0 Å². The number of methoxy groups -OCH3 is 1. The third-order valence-electron chi connectivity index (χ3n) is 1.14. The van der Waals surface area contributed by atoms with E-state index in [-0.39, 0.29) is 11.9 Å². The largest absolute Gasteiger partial charge is 0.466 e. The molecule has 0 saturated carbocycles. The van der Waals surface area contributed by atoms with Crippen LogP contribution in [0.5, 0.6) is 0 Å². The number of ether oxygens (including phenoxy) is 1. The van der Waals surface area contributed by atoms with E-state index in [1.165, 1.54) is 7.11 Å². The third-order valence-corrected chi connectivity index (χ3v) is 1.14. The zero-order valence-electron chi connectivity index (χ0n) is 6.10. The fourth-order valence-electron chi connectivity index (χ4n) is 0.367. The molecule has 0 rings (SSSR count). The number of rotatable bonds is 2. The summed E-state index contributed by atoms with van der Waals surface area (Å²) in [4.78, 5) is 10.6. The maximum Gasteiger partial charge on any atom is 0.333 e. The van der Waals surface area contributed by atoms with Crippen molar-refractivity contribution in [3.05, 3.63) is 12.2 Å². The van der Waals surface area contributed by atoms with Crippen LogP contribution in [0.2, 0.25) is 0 Å². The van der Waals surface area contributed by atoms with Gasteiger partial charge in [0.25, 0.3) is 0 Å². The number of carbonyl (C=O) groups excluding carboxylic acids is 1. The molecule has 0 heterocycles. The summed E-state index contributed by atoms with van der Waals surface area (Å²) in [6, 6.07) is 0. The Morgan fingerprint density at radius 1 is 1.56 bits per heavy atom. The number of hydrogen-bond acceptors (Lipinski definition) is 2. The predicted octanol–water partition coefficient (Wildman–Crippen LogP) is 1.37. The second-order valence-electron chi connectivity index (χ2n) is 2.17. The van der Waals surface area contributed by atoms with E-state index in [1.54, 1.807) is 0 Å². The van der Waals surface area contributed by atoms with Gasteiger partial charge >= 0.3 is 5.97 Å². The van der Waals surface area contributed by atoms with Gasteiger partial charge in [-0.2, -0.15) is 0 Å². The van der Waals surface area contributed by atoms with Crippen LogP contribution in [0.4, 0.5) is 0 Å². The molecule has 0 aliphatic carbocycles. The van der Waals surface area contributed by atoms with Crippen molar-refractivity contribution in [2.75, 3.05) is 7.11 Å². The van der Waals surface area contributed by atoms with Crippen molar-refractivity contribution in [3.8, 4) is 0 Å². The van der Waals surface area contributed by atoms with Crippen LogP contribution in [0.3, 0.4) is 0 Å². The molecule has 0 aromatic heterocycles. The molecular weight excluding hydrogens is 116 g/mol. The Hall–Kier alpha value is -0.790. The summed E-state index contributed by atoms with van der Waals surface area (Å²) in [5.41, 5.74) is 0.525. The Morgan fingerprint density at radius 2 is 2.00 bits per heavy atom. The molecule has 2 heteroatoms. The first-order valence-corrected chi connectivity index (χ1v) is 2.86. The normalized spacial score (nSPS) is 9.33. The molecule has 0 radical (unpaired) electrons. The van der Waals surface area contributed by atoms with Crippen molar-refractivity contribution >= 4 is 5.97 Å². The molecule has 2 nitrogen and oxygen atoms in total. The SMILES string of the molecule is C=C(C(=O)OC)C(C)C. The molecule has 52 valence electrons. The Morgan fingerprint density at radius 3 is 2.11 bits per heavy atom. The summed E-state index contributed by atoms with van der Waals surface area (Å²) in [7, 11) is 1.36. The fourth-order valence-corrected chi connectivity index (χ4v) is 0.367. The maximum atomic E-state index is 10.6. The molecule has 0 atom stereocenters. The number of carbonyl (C=O) groups is 1. The standard InChI is InChI=1S/C7H12O2/c1-5(2)6(3)7(8)9-4/h5H,3H2,1-2,4H3. The predicted molar refractivity (Wildman–Crippen MR) is 36.0 cm³/mol. The van der Waals surface area contributed by atoms with Crippen LogP contribution in [0.15, 0.2) is 12.2 Å². The van der Waals surface area contributed by atoms with Gasteiger partial charge in [0, 0.05) is 5.57 Å². The van der Waals surface area contributed by atoms with Crippen LogP contribution in [0.25, 0.3) is 0 Å². The molecule has 0 aromatic carbocycles. The lowest BCUT2D eigenvalue weighted by Crippen LogP contribution is -2.08. The molecule has 0 aliphatic heterocycles. The van der Waals surface area contributed by atoms with Gasteiger partial charge in [-0.3, -0.25) is 0 Å². The Bertz CT molecular complexity index is 125. The first kappa shape index (κ1) is 8.21. The van der Waals surface area contributed by atoms with Crippen molar-refractivity contribution in [1.82, 2.24) is 0 Å². The number of esters is 1. The van der Waals surface area contributed by atoms with Crippen LogP contribution in [-0.4, -0.2) is 13.1 Å². The highest BCUT2D eigenvalue weighted by atomic mass is 16.5. The minimum absolute atomic E-state index is 0.178. The summed E-state index contributed by atoms with van der Waals surface area (Å²) < 4.78 is 4.43. The van der Waals surface area contributed by atoms with E-state index >= 15 is 0 Å². The van der Waals surface area contributed by atoms with Gasteiger partial charge in [-0.05, 0) is 5.92 Å². The second kappa shape index (κ2) is 3.28. The van der Waals surface area contributed by atoms with Gasteiger partial charge in [0.05, 0.1) is 7.11 Å². The van der Waals surface area contributed by atoms with Gasteiger partial charge in [-0.15, -0.1) is 0 Å². The molecule has 0 amide bonds. The second-order valence-corrected chi connectivity index (χ2v) is 2.17. The summed E-state index contributed by atoms with van der Waals surface area (Å²) in [6.45, 7) is 7.35. The van der Waals surface area contributed by atoms with Crippen LogP contribution in [-0.2, 0) is 9.53 Å². The highest BCUT2D eigenvalue weighted by Gasteiger charge is 2.09. The molecule has 0 unspecified atom stereocenters. The highest BCUT2D eigenvalue weighted by molar-refractivity contribution is 5.87. The summed E-state index contributed by atoms with van der Waals surface area (Å²) in [5, 5.41) is 0. The molecule has 0 aliphatic rings. The average Bonchev–Trinajstić information content (AvgIpc) is 1.84. The van der Waals surface area contributed by atoms with Crippen LogP contribution < -0.4 is 0 Å². The lowest BCUT2D eigenvalue weighted by molar-refractivity contribution is -0.136. The zero-order valence-corrected chi connectivity index (χ0v) is 6.10. The number of hydrogen-bond donors (Lipinski definition) is 0. The van der Waals surface area contributed by atoms with Crippen LogP contribution in [0, 0.1) is 5.92 Å². The Balaban J connectivity index is 3.89. The first-order valence-electron chi connectivity index (χ1n) is 2.86. The Kier molecular flexibility index (Phi) is 2.99. The summed E-state index contributed by atoms with van der Waals surface area (Å²) >= 11 is 0. The van der Waals surface area contributed by atoms with E-state index in [2.05, 4.69) is 11.3 Å². The van der Waals surface area contributed by atoms with Gasteiger partial charge in [0.1, 0.15) is 0 Å². The minimum Gasteiger partial charge on any atom is -0.466 e. The zero-order chi connectivity index (χ0) is 7.44. The van der Waals surface area contributed by atoms with Gasteiger partial charge < -0.3 is 4.74 Å². The van der Waals surface area contributed by atoms with E-state index in [4.69, 9.17) is 0 Å². The van der Waals surface area contributed by atoms with Crippen molar-refractivity contribution in [1.29, 1.82) is 0 Å². The average molecular weight is 128 g/mol. The van der Waals surface area contributed by atoms with Gasteiger partial charge in [-0.1, -0.05) is 20.4 Å². The van der Waals surface area contributed by atoms with Crippen LogP contribution >= 0.6 is 0 Å². The van der Waals surface area contributed by atoms with E-state index in [9.17, 15) is 4.79 Å². The van der Waals surface area contributed by atoms with Gasteiger partial charge in [0.2, 0.25) is 0 Å². The molecule has 0 bridgehead atoms. The molecule has 0 fully saturated rings. The molecule has 0 spiro atoms. The van der Waals surface area contributed by atoms with E-state index in [1.807, 2.05) is 13.8 Å². The maximum absolute atomic E-state index is 10.6. The minimum atomic E-state index is -0.315. The van der Waals surface area contributed by atoms with E-state index in [0.29, 0.717) is 5.57 Å². The smallest absolute Gasteiger partial charge is 0.333 e. The quantitative estimate of drug-likeness (QED) is 0.414. The summed E-state index contributed by atoms with van der Waals surface area (Å²) in [6.07, 6.45) is 0. The van der Waals surface area contributed by atoms with Gasteiger partial charge in [-0.25, -0.2) is 4.79 Å². The van der Waals surface area contributed by atoms with Crippen molar-refractivity contribution in [2.45, 2.75) is 13.8 Å². The monoisotopic (exact) mass is 128 g/mol. The van der Waals surface area contributed by atoms with E-state index < -0.39 is 0 Å². The molecule has 0 N–H and O–H groups in total.